The van der Waals surface area contributed by atoms with Crippen LogP contribution < -0.4 is 11.1 Å². The average molecular weight is 250 g/mol. The van der Waals surface area contributed by atoms with Crippen molar-refractivity contribution in [3.63, 3.8) is 0 Å². The zero-order valence-corrected chi connectivity index (χ0v) is 11.0. The molecule has 0 aliphatic rings. The molecule has 17 heavy (non-hydrogen) atoms. The van der Waals surface area contributed by atoms with Crippen LogP contribution in [0.15, 0.2) is 30.3 Å². The van der Waals surface area contributed by atoms with E-state index in [0.717, 1.165) is 5.56 Å². The molecule has 0 saturated carbocycles. The van der Waals surface area contributed by atoms with E-state index in [1.54, 1.807) is 0 Å². The van der Waals surface area contributed by atoms with E-state index in [4.69, 9.17) is 18.0 Å². The van der Waals surface area contributed by atoms with E-state index in [2.05, 4.69) is 5.32 Å². The minimum absolute atomic E-state index is 0.0531. The van der Waals surface area contributed by atoms with Gasteiger partial charge in [0.25, 0.3) is 0 Å². The molecule has 1 amide bonds. The van der Waals surface area contributed by atoms with Crippen molar-refractivity contribution in [3.05, 3.63) is 35.9 Å². The minimum Gasteiger partial charge on any atom is -0.392 e. The molecule has 1 aromatic rings. The van der Waals surface area contributed by atoms with Gasteiger partial charge in [-0.05, 0) is 11.5 Å². The summed E-state index contributed by atoms with van der Waals surface area (Å²) in [6, 6.07) is 9.36. The molecule has 0 aliphatic heterocycles. The highest BCUT2D eigenvalue weighted by molar-refractivity contribution is 7.80. The van der Waals surface area contributed by atoms with Gasteiger partial charge in [0.2, 0.25) is 5.91 Å². The first-order chi connectivity index (χ1) is 8.00. The summed E-state index contributed by atoms with van der Waals surface area (Å²) in [5.74, 6) is 0.148. The molecule has 1 unspecified atom stereocenters. The van der Waals surface area contributed by atoms with Gasteiger partial charge in [0.1, 0.15) is 0 Å². The summed E-state index contributed by atoms with van der Waals surface area (Å²) in [4.78, 5) is 12.1. The van der Waals surface area contributed by atoms with Gasteiger partial charge in [-0.15, -0.1) is 0 Å². The van der Waals surface area contributed by atoms with Crippen molar-refractivity contribution in [1.82, 2.24) is 5.32 Å². The van der Waals surface area contributed by atoms with E-state index in [9.17, 15) is 4.79 Å². The van der Waals surface area contributed by atoms with E-state index in [0.29, 0.717) is 11.4 Å². The van der Waals surface area contributed by atoms with Crippen molar-refractivity contribution >= 4 is 23.1 Å². The number of thiocarbonyl (C=S) groups is 1. The molecule has 4 heteroatoms. The number of amides is 1. The minimum atomic E-state index is -0.235. The lowest BCUT2D eigenvalue weighted by Crippen LogP contribution is -2.47. The first-order valence-corrected chi connectivity index (χ1v) is 6.04. The van der Waals surface area contributed by atoms with Crippen molar-refractivity contribution in [2.24, 2.45) is 11.7 Å². The molecule has 0 heterocycles. The lowest BCUT2D eigenvalue weighted by atomic mass is 10.0. The first-order valence-electron chi connectivity index (χ1n) is 5.63. The molecule has 0 fully saturated rings. The molecular weight excluding hydrogens is 232 g/mol. The number of carbonyl (C=O) groups excluding carboxylic acids is 1. The summed E-state index contributed by atoms with van der Waals surface area (Å²) in [6.45, 7) is 3.96. The Morgan fingerprint density at radius 1 is 1.35 bits per heavy atom. The number of rotatable bonds is 5. The van der Waals surface area contributed by atoms with Crippen LogP contribution in [-0.2, 0) is 11.2 Å². The zero-order valence-electron chi connectivity index (χ0n) is 10.1. The predicted octanol–water partition coefficient (Wildman–Crippen LogP) is 1.66. The van der Waals surface area contributed by atoms with Crippen molar-refractivity contribution in [1.29, 1.82) is 0 Å². The maximum atomic E-state index is 11.8. The second-order valence-corrected chi connectivity index (χ2v) is 4.83. The molecule has 0 aliphatic carbocycles. The zero-order chi connectivity index (χ0) is 12.8. The van der Waals surface area contributed by atoms with Crippen LogP contribution in [0.4, 0.5) is 0 Å². The fourth-order valence-corrected chi connectivity index (χ4v) is 1.90. The van der Waals surface area contributed by atoms with Crippen LogP contribution in [0.5, 0.6) is 0 Å². The standard InChI is InChI=1S/C13H18N2OS/c1-9(2)12(13(14)17)15-11(16)8-10-6-4-3-5-7-10/h3-7,9,12H,8H2,1-2H3,(H2,14,17)(H,15,16). The summed E-state index contributed by atoms with van der Waals surface area (Å²) >= 11 is 4.94. The Bertz CT molecular complexity index is 390. The lowest BCUT2D eigenvalue weighted by molar-refractivity contribution is -0.120. The third-order valence-electron chi connectivity index (χ3n) is 2.50. The molecule has 0 bridgehead atoms. The second kappa shape index (κ2) is 6.35. The number of hydrogen-bond donors (Lipinski definition) is 2. The van der Waals surface area contributed by atoms with Crippen molar-refractivity contribution in [2.45, 2.75) is 26.3 Å². The Hall–Kier alpha value is -1.42. The van der Waals surface area contributed by atoms with Gasteiger partial charge in [-0.3, -0.25) is 4.79 Å². The van der Waals surface area contributed by atoms with Crippen LogP contribution in [0, 0.1) is 5.92 Å². The van der Waals surface area contributed by atoms with Gasteiger partial charge in [-0.25, -0.2) is 0 Å². The third-order valence-corrected chi connectivity index (χ3v) is 2.75. The molecule has 3 nitrogen and oxygen atoms in total. The Balaban J connectivity index is 2.57. The third kappa shape index (κ3) is 4.53. The Morgan fingerprint density at radius 2 is 1.94 bits per heavy atom. The van der Waals surface area contributed by atoms with Gasteiger partial charge >= 0.3 is 0 Å². The normalized spacial score (nSPS) is 12.2. The summed E-state index contributed by atoms with van der Waals surface area (Å²) in [6.07, 6.45) is 0.354. The van der Waals surface area contributed by atoms with Crippen LogP contribution in [-0.4, -0.2) is 16.9 Å². The number of nitrogens with one attached hydrogen (secondary N) is 1. The Morgan fingerprint density at radius 3 is 2.41 bits per heavy atom. The maximum Gasteiger partial charge on any atom is 0.224 e. The summed E-state index contributed by atoms with van der Waals surface area (Å²) in [5, 5.41) is 2.86. The molecule has 1 atom stereocenters. The number of carbonyl (C=O) groups is 1. The topological polar surface area (TPSA) is 55.1 Å². The molecule has 0 aromatic heterocycles. The van der Waals surface area contributed by atoms with E-state index in [1.165, 1.54) is 0 Å². The van der Waals surface area contributed by atoms with E-state index in [-0.39, 0.29) is 17.9 Å². The molecule has 0 spiro atoms. The Labute approximate surface area is 107 Å². The van der Waals surface area contributed by atoms with Crippen LogP contribution in [0.25, 0.3) is 0 Å². The molecule has 1 rings (SSSR count). The van der Waals surface area contributed by atoms with Crippen molar-refractivity contribution in [2.75, 3.05) is 0 Å². The van der Waals surface area contributed by atoms with E-state index >= 15 is 0 Å². The molecule has 0 radical (unpaired) electrons. The van der Waals surface area contributed by atoms with Gasteiger partial charge in [-0.1, -0.05) is 56.4 Å². The van der Waals surface area contributed by atoms with Crippen molar-refractivity contribution in [3.8, 4) is 0 Å². The summed E-state index contributed by atoms with van der Waals surface area (Å²) in [5.41, 5.74) is 6.58. The SMILES string of the molecule is CC(C)C(NC(=O)Cc1ccccc1)C(N)=S. The van der Waals surface area contributed by atoms with Gasteiger partial charge in [-0.2, -0.15) is 0 Å². The fourth-order valence-electron chi connectivity index (χ4n) is 1.57. The smallest absolute Gasteiger partial charge is 0.224 e. The van der Waals surface area contributed by atoms with Crippen LogP contribution in [0.3, 0.4) is 0 Å². The monoisotopic (exact) mass is 250 g/mol. The summed E-state index contributed by atoms with van der Waals surface area (Å²) in [7, 11) is 0. The van der Waals surface area contributed by atoms with E-state index in [1.807, 2.05) is 44.2 Å². The second-order valence-electron chi connectivity index (χ2n) is 4.35. The largest absolute Gasteiger partial charge is 0.392 e. The fraction of sp³-hybridized carbons (Fsp3) is 0.385. The highest BCUT2D eigenvalue weighted by Gasteiger charge is 2.18. The highest BCUT2D eigenvalue weighted by Crippen LogP contribution is 2.04. The van der Waals surface area contributed by atoms with Gasteiger partial charge in [0.15, 0.2) is 0 Å². The van der Waals surface area contributed by atoms with Gasteiger partial charge < -0.3 is 11.1 Å². The molecule has 92 valence electrons. The Kier molecular flexibility index (Phi) is 5.10. The number of benzene rings is 1. The highest BCUT2D eigenvalue weighted by atomic mass is 32.1. The van der Waals surface area contributed by atoms with Crippen LogP contribution in [0.1, 0.15) is 19.4 Å². The average Bonchev–Trinajstić information content (AvgIpc) is 2.26. The van der Waals surface area contributed by atoms with Crippen molar-refractivity contribution < 1.29 is 4.79 Å². The predicted molar refractivity (Wildman–Crippen MR) is 73.7 cm³/mol. The summed E-state index contributed by atoms with van der Waals surface area (Å²) < 4.78 is 0. The first kappa shape index (κ1) is 13.6. The molecular formula is C13H18N2OS. The van der Waals surface area contributed by atoms with E-state index < -0.39 is 0 Å². The van der Waals surface area contributed by atoms with Crippen LogP contribution >= 0.6 is 12.2 Å². The lowest BCUT2D eigenvalue weighted by Gasteiger charge is -2.21. The van der Waals surface area contributed by atoms with Crippen LogP contribution in [0.2, 0.25) is 0 Å². The van der Waals surface area contributed by atoms with Gasteiger partial charge in [0, 0.05) is 0 Å². The van der Waals surface area contributed by atoms with Gasteiger partial charge in [0.05, 0.1) is 17.5 Å². The number of nitrogens with two attached hydrogens (primary N) is 1. The molecule has 3 N–H and O–H groups in total. The molecule has 0 saturated heterocycles. The molecule has 1 aromatic carbocycles. The maximum absolute atomic E-state index is 11.8. The number of hydrogen-bond acceptors (Lipinski definition) is 2. The quantitative estimate of drug-likeness (QED) is 0.781.